The van der Waals surface area contributed by atoms with Crippen LogP contribution in [-0.4, -0.2) is 50.5 Å². The summed E-state index contributed by atoms with van der Waals surface area (Å²) in [6, 6.07) is 0. The summed E-state index contributed by atoms with van der Waals surface area (Å²) in [5, 5.41) is 31.9. The first-order valence-electron chi connectivity index (χ1n) is 4.50. The Kier molecular flexibility index (Phi) is 2.82. The smallest absolute Gasteiger partial charge is 0.260 e. The first-order chi connectivity index (χ1) is 8.54. The first-order valence-corrected chi connectivity index (χ1v) is 4.50. The van der Waals surface area contributed by atoms with Crippen LogP contribution >= 0.6 is 0 Å². The van der Waals surface area contributed by atoms with Gasteiger partial charge in [0.2, 0.25) is 0 Å². The number of hydrogen-bond donors (Lipinski definition) is 2. The van der Waals surface area contributed by atoms with Crippen LogP contribution in [0.2, 0.25) is 0 Å². The minimum absolute atomic E-state index is 0.0820. The molecule has 0 unspecified atom stereocenters. The highest BCUT2D eigenvalue weighted by molar-refractivity contribution is 5.06. The van der Waals surface area contributed by atoms with Gasteiger partial charge in [-0.3, -0.25) is 0 Å². The second-order valence-electron chi connectivity index (χ2n) is 3.07. The van der Waals surface area contributed by atoms with Crippen LogP contribution in [0.15, 0.2) is 0 Å². The highest BCUT2D eigenvalue weighted by Gasteiger charge is 2.18. The van der Waals surface area contributed by atoms with E-state index >= 15 is 0 Å². The van der Waals surface area contributed by atoms with Crippen LogP contribution in [0.4, 0.5) is 11.9 Å². The largest absolute Gasteiger partial charge is 0.365 e. The van der Waals surface area contributed by atoms with E-state index in [2.05, 4.69) is 30.8 Å². The molecule has 14 heteroatoms. The molecule has 0 aliphatic heterocycles. The number of anilines is 2. The van der Waals surface area contributed by atoms with E-state index in [0.29, 0.717) is 0 Å². The number of hydrazine groups is 1. The molecule has 0 saturated carbocycles. The Labute approximate surface area is 98.2 Å². The van der Waals surface area contributed by atoms with Crippen molar-refractivity contribution in [1.29, 1.82) is 0 Å². The molecule has 0 saturated heterocycles. The zero-order valence-corrected chi connectivity index (χ0v) is 8.86. The highest BCUT2D eigenvalue weighted by atomic mass is 16.7. The Morgan fingerprint density at radius 3 is 1.83 bits per heavy atom. The molecule has 14 nitrogen and oxygen atoms in total. The van der Waals surface area contributed by atoms with Gasteiger partial charge in [0.15, 0.2) is 18.4 Å². The van der Waals surface area contributed by atoms with Crippen molar-refractivity contribution >= 4 is 11.9 Å². The Bertz CT molecular complexity index is 502. The van der Waals surface area contributed by atoms with Gasteiger partial charge in [0.1, 0.15) is 0 Å². The number of hydrogen-bond acceptors (Lipinski definition) is 10. The number of tetrazole rings is 2. The Balaban J connectivity index is 2.06. The fourth-order valence-electron chi connectivity index (χ4n) is 1.07. The van der Waals surface area contributed by atoms with E-state index in [4.69, 9.17) is 11.5 Å². The number of nitrogens with zero attached hydrogens (tertiary/aromatic N) is 10. The average Bonchev–Trinajstić information content (AvgIpc) is 2.87. The quantitative estimate of drug-likeness (QED) is 0.408. The number of aromatic nitrogens is 8. The zero-order chi connectivity index (χ0) is 13.1. The summed E-state index contributed by atoms with van der Waals surface area (Å²) in [4.78, 5) is 12.7. The van der Waals surface area contributed by atoms with Crippen LogP contribution < -0.4 is 11.5 Å². The maximum Gasteiger partial charge on any atom is 0.260 e. The lowest BCUT2D eigenvalue weighted by molar-refractivity contribution is -0.672. The number of rotatable bonds is 5. The fraction of sp³-hybridized carbons (Fsp3) is 0.500. The van der Waals surface area contributed by atoms with Crippen LogP contribution in [0.3, 0.4) is 0 Å². The Morgan fingerprint density at radius 2 is 1.56 bits per heavy atom. The Hall–Kier alpha value is -3.06. The van der Waals surface area contributed by atoms with E-state index in [1.165, 1.54) is 0 Å². The molecule has 0 aliphatic rings. The molecule has 4 N–H and O–H groups in total. The van der Waals surface area contributed by atoms with Crippen LogP contribution in [0.25, 0.3) is 0 Å². The molecule has 2 heterocycles. The van der Waals surface area contributed by atoms with Gasteiger partial charge in [-0.15, -0.1) is 19.8 Å². The first kappa shape index (κ1) is 11.4. The maximum atomic E-state index is 10.8. The molecule has 0 spiro atoms. The van der Waals surface area contributed by atoms with E-state index in [1.807, 2.05) is 0 Å². The van der Waals surface area contributed by atoms with Crippen molar-refractivity contribution < 1.29 is 5.03 Å². The molecule has 0 bridgehead atoms. The third-order valence-electron chi connectivity index (χ3n) is 1.75. The van der Waals surface area contributed by atoms with Crippen molar-refractivity contribution in [2.45, 2.75) is 13.3 Å². The molecule has 0 atom stereocenters. The van der Waals surface area contributed by atoms with Crippen LogP contribution in [-0.2, 0) is 13.3 Å². The number of nitro groups is 1. The molecule has 2 rings (SSSR count). The summed E-state index contributed by atoms with van der Waals surface area (Å²) >= 11 is 0. The molecule has 2 aromatic rings. The molecular weight excluding hydrogens is 248 g/mol. The molecule has 0 fully saturated rings. The van der Waals surface area contributed by atoms with Gasteiger partial charge >= 0.3 is 0 Å². The van der Waals surface area contributed by atoms with E-state index < -0.39 is 5.03 Å². The van der Waals surface area contributed by atoms with E-state index in [1.54, 1.807) is 0 Å². The monoisotopic (exact) mass is 256 g/mol. The number of nitrogens with two attached hydrogens (primary N) is 2. The SMILES string of the molecule is Nc1nnn(CN(Cn2nnc(N)n2)[N+](=O)[O-])n1. The van der Waals surface area contributed by atoms with E-state index in [9.17, 15) is 10.1 Å². The molecule has 18 heavy (non-hydrogen) atoms. The summed E-state index contributed by atoms with van der Waals surface area (Å²) in [5.74, 6) is -0.164. The third kappa shape index (κ3) is 2.54. The van der Waals surface area contributed by atoms with Crippen molar-refractivity contribution in [2.75, 3.05) is 11.5 Å². The predicted molar refractivity (Wildman–Crippen MR) is 53.3 cm³/mol. The average molecular weight is 256 g/mol. The normalized spacial score (nSPS) is 10.4. The molecule has 2 aromatic heterocycles. The molecule has 0 radical (unpaired) electrons. The van der Waals surface area contributed by atoms with Gasteiger partial charge in [0.05, 0.1) is 0 Å². The van der Waals surface area contributed by atoms with Gasteiger partial charge in [0, 0.05) is 0 Å². The summed E-state index contributed by atoms with van der Waals surface area (Å²) in [6.45, 7) is -0.558. The van der Waals surface area contributed by atoms with Gasteiger partial charge in [-0.25, -0.2) is 10.1 Å². The zero-order valence-electron chi connectivity index (χ0n) is 8.86. The van der Waals surface area contributed by atoms with E-state index in [0.717, 1.165) is 14.6 Å². The lowest BCUT2D eigenvalue weighted by Crippen LogP contribution is -2.35. The van der Waals surface area contributed by atoms with Crippen LogP contribution in [0.5, 0.6) is 0 Å². The summed E-state index contributed by atoms with van der Waals surface area (Å²) in [6.07, 6.45) is 0. The van der Waals surface area contributed by atoms with E-state index in [-0.39, 0.29) is 25.2 Å². The van der Waals surface area contributed by atoms with Crippen molar-refractivity contribution in [3.63, 3.8) is 0 Å². The summed E-state index contributed by atoms with van der Waals surface area (Å²) < 4.78 is 0. The molecule has 0 amide bonds. The summed E-state index contributed by atoms with van der Waals surface area (Å²) in [7, 11) is 0. The molecule has 0 aromatic carbocycles. The van der Waals surface area contributed by atoms with Gasteiger partial charge in [-0.1, -0.05) is 15.2 Å². The lowest BCUT2D eigenvalue weighted by Gasteiger charge is -2.11. The highest BCUT2D eigenvalue weighted by Crippen LogP contribution is 1.96. The lowest BCUT2D eigenvalue weighted by atomic mass is 10.9. The Morgan fingerprint density at radius 1 is 1.11 bits per heavy atom. The standard InChI is InChI=1S/C4H8N12O2/c5-3-7-11-14(9-3)1-13(16(17)18)2-15-10-4(6)8-12-15/h1-2H2,(H2,5,9)(H2,6,10). The van der Waals surface area contributed by atoms with Crippen molar-refractivity contribution in [3.8, 4) is 0 Å². The second-order valence-corrected chi connectivity index (χ2v) is 3.07. The number of nitrogen functional groups attached to an aromatic ring is 2. The molecule has 0 aliphatic carbocycles. The van der Waals surface area contributed by atoms with Crippen molar-refractivity contribution in [1.82, 2.24) is 45.4 Å². The third-order valence-corrected chi connectivity index (χ3v) is 1.75. The molecule has 96 valence electrons. The minimum Gasteiger partial charge on any atom is -0.365 e. The van der Waals surface area contributed by atoms with Crippen molar-refractivity contribution in [3.05, 3.63) is 10.1 Å². The van der Waals surface area contributed by atoms with Gasteiger partial charge < -0.3 is 11.5 Å². The fourth-order valence-corrected chi connectivity index (χ4v) is 1.07. The second kappa shape index (κ2) is 4.44. The van der Waals surface area contributed by atoms with Crippen LogP contribution in [0, 0.1) is 10.1 Å². The van der Waals surface area contributed by atoms with Gasteiger partial charge in [-0.2, -0.15) is 0 Å². The minimum atomic E-state index is -0.668. The topological polar surface area (TPSA) is 186 Å². The summed E-state index contributed by atoms with van der Waals surface area (Å²) in [5.41, 5.74) is 10.5. The predicted octanol–water partition coefficient (Wildman–Crippen LogP) is -3.07. The van der Waals surface area contributed by atoms with Gasteiger partial charge in [0.25, 0.3) is 11.9 Å². The van der Waals surface area contributed by atoms with Gasteiger partial charge in [-0.05, 0) is 10.4 Å². The maximum absolute atomic E-state index is 10.8. The van der Waals surface area contributed by atoms with Crippen molar-refractivity contribution in [2.24, 2.45) is 0 Å². The van der Waals surface area contributed by atoms with Crippen LogP contribution in [0.1, 0.15) is 0 Å². The molecular formula is C4H8N12O2.